The van der Waals surface area contributed by atoms with Crippen molar-refractivity contribution >= 4 is 31.9 Å². The van der Waals surface area contributed by atoms with Crippen LogP contribution in [0.3, 0.4) is 0 Å². The number of nitrogens with zero attached hydrogens (tertiary/aromatic N) is 1. The van der Waals surface area contributed by atoms with E-state index in [1.54, 1.807) is 0 Å². The molecule has 0 spiro atoms. The molecule has 0 N–H and O–H groups in total. The van der Waals surface area contributed by atoms with Crippen LogP contribution in [0.15, 0.2) is 22.8 Å². The first-order valence-electron chi connectivity index (χ1n) is 4.43. The molecule has 72 valence electrons. The maximum absolute atomic E-state index is 4.31. The molecule has 1 nitrogen and oxygen atoms in total. The van der Waals surface area contributed by atoms with Gasteiger partial charge in [-0.1, -0.05) is 22.9 Å². The highest BCUT2D eigenvalue weighted by molar-refractivity contribution is 9.10. The Bertz CT molecular complexity index is 244. The van der Waals surface area contributed by atoms with E-state index in [1.807, 2.05) is 12.3 Å². The average molecular weight is 307 g/mol. The first-order valence-corrected chi connectivity index (χ1v) is 6.14. The van der Waals surface area contributed by atoms with Crippen LogP contribution in [0, 0.1) is 0 Å². The fraction of sp³-hybridized carbons (Fsp3) is 0.500. The number of pyridine rings is 1. The van der Waals surface area contributed by atoms with Gasteiger partial charge in [-0.15, -0.1) is 0 Å². The van der Waals surface area contributed by atoms with E-state index in [9.17, 15) is 0 Å². The van der Waals surface area contributed by atoms with E-state index in [2.05, 4.69) is 49.8 Å². The van der Waals surface area contributed by atoms with Crippen molar-refractivity contribution in [1.82, 2.24) is 4.98 Å². The third-order valence-corrected chi connectivity index (χ3v) is 2.75. The number of hydrogen-bond acceptors (Lipinski definition) is 1. The molecule has 1 aromatic heterocycles. The Labute approximate surface area is 96.2 Å². The predicted molar refractivity (Wildman–Crippen MR) is 63.3 cm³/mol. The largest absolute Gasteiger partial charge is 0.260 e. The average Bonchev–Trinajstić information content (AvgIpc) is 2.08. The highest BCUT2D eigenvalue weighted by atomic mass is 79.9. The van der Waals surface area contributed by atoms with Crippen molar-refractivity contribution in [3.05, 3.63) is 28.5 Å². The van der Waals surface area contributed by atoms with Gasteiger partial charge in [0.1, 0.15) is 0 Å². The van der Waals surface area contributed by atoms with Crippen LogP contribution in [0.4, 0.5) is 0 Å². The molecule has 1 aromatic rings. The van der Waals surface area contributed by atoms with Crippen LogP contribution in [0.2, 0.25) is 0 Å². The van der Waals surface area contributed by atoms with Gasteiger partial charge in [-0.2, -0.15) is 0 Å². The Morgan fingerprint density at radius 3 is 2.77 bits per heavy atom. The number of rotatable bonds is 4. The van der Waals surface area contributed by atoms with Crippen LogP contribution in [0.1, 0.15) is 25.5 Å². The zero-order chi connectivity index (χ0) is 9.68. The van der Waals surface area contributed by atoms with Gasteiger partial charge in [0.15, 0.2) is 0 Å². The SMILES string of the molecule is CC(Br)CCCc1ccc(Br)cn1. The van der Waals surface area contributed by atoms with Crippen LogP contribution in [-0.4, -0.2) is 9.81 Å². The fourth-order valence-corrected chi connectivity index (χ4v) is 1.68. The molecule has 0 aromatic carbocycles. The molecule has 1 heterocycles. The highest BCUT2D eigenvalue weighted by Crippen LogP contribution is 2.12. The van der Waals surface area contributed by atoms with Gasteiger partial charge in [0.2, 0.25) is 0 Å². The molecule has 0 radical (unpaired) electrons. The molecule has 0 aliphatic carbocycles. The summed E-state index contributed by atoms with van der Waals surface area (Å²) >= 11 is 6.90. The summed E-state index contributed by atoms with van der Waals surface area (Å²) in [5.41, 5.74) is 1.18. The lowest BCUT2D eigenvalue weighted by atomic mass is 10.1. The second-order valence-corrected chi connectivity index (χ2v) is 5.62. The summed E-state index contributed by atoms with van der Waals surface area (Å²) in [6, 6.07) is 4.11. The minimum atomic E-state index is 0.614. The van der Waals surface area contributed by atoms with Crippen molar-refractivity contribution in [2.24, 2.45) is 0 Å². The highest BCUT2D eigenvalue weighted by Gasteiger charge is 1.98. The topological polar surface area (TPSA) is 12.9 Å². The van der Waals surface area contributed by atoms with Gasteiger partial charge >= 0.3 is 0 Å². The van der Waals surface area contributed by atoms with Gasteiger partial charge in [-0.25, -0.2) is 0 Å². The molecular formula is C10H13Br2N. The molecule has 1 rings (SSSR count). The fourth-order valence-electron chi connectivity index (χ4n) is 1.12. The molecule has 1 atom stereocenters. The van der Waals surface area contributed by atoms with Crippen molar-refractivity contribution in [2.45, 2.75) is 31.0 Å². The summed E-state index contributed by atoms with van der Waals surface area (Å²) in [4.78, 5) is 4.93. The summed E-state index contributed by atoms with van der Waals surface area (Å²) in [5, 5.41) is 0. The first-order chi connectivity index (χ1) is 6.18. The normalized spacial score (nSPS) is 12.8. The standard InChI is InChI=1S/C10H13Br2N/c1-8(11)3-2-4-10-6-5-9(12)7-13-10/h5-8H,2-4H2,1H3. The maximum atomic E-state index is 4.31. The van der Waals surface area contributed by atoms with Gasteiger partial charge in [0.05, 0.1) is 0 Å². The molecular weight excluding hydrogens is 294 g/mol. The molecule has 0 fully saturated rings. The molecule has 13 heavy (non-hydrogen) atoms. The van der Waals surface area contributed by atoms with Crippen molar-refractivity contribution < 1.29 is 0 Å². The number of halogens is 2. The van der Waals surface area contributed by atoms with Gasteiger partial charge in [-0.05, 0) is 47.3 Å². The van der Waals surface area contributed by atoms with Gasteiger partial charge in [0.25, 0.3) is 0 Å². The van der Waals surface area contributed by atoms with E-state index < -0.39 is 0 Å². The zero-order valence-corrected chi connectivity index (χ0v) is 10.8. The minimum Gasteiger partial charge on any atom is -0.260 e. The van der Waals surface area contributed by atoms with E-state index in [1.165, 1.54) is 18.5 Å². The van der Waals surface area contributed by atoms with E-state index in [4.69, 9.17) is 0 Å². The first kappa shape index (κ1) is 11.2. The molecule has 0 aliphatic rings. The predicted octanol–water partition coefficient (Wildman–Crippen LogP) is 3.95. The molecule has 3 heteroatoms. The van der Waals surface area contributed by atoms with Crippen LogP contribution < -0.4 is 0 Å². The Kier molecular flexibility index (Phi) is 4.96. The molecule has 0 saturated heterocycles. The summed E-state index contributed by atoms with van der Waals surface area (Å²) in [7, 11) is 0. The van der Waals surface area contributed by atoms with E-state index in [-0.39, 0.29) is 0 Å². The lowest BCUT2D eigenvalue weighted by Gasteiger charge is -2.02. The third-order valence-electron chi connectivity index (χ3n) is 1.82. The number of aryl methyl sites for hydroxylation is 1. The third kappa shape index (κ3) is 4.77. The minimum absolute atomic E-state index is 0.614. The number of alkyl halides is 1. The molecule has 0 amide bonds. The zero-order valence-electron chi connectivity index (χ0n) is 7.63. The molecule has 0 saturated carbocycles. The Morgan fingerprint density at radius 2 is 2.23 bits per heavy atom. The van der Waals surface area contributed by atoms with Crippen molar-refractivity contribution in [2.75, 3.05) is 0 Å². The second kappa shape index (κ2) is 5.76. The smallest absolute Gasteiger partial charge is 0.0413 e. The quantitative estimate of drug-likeness (QED) is 0.768. The second-order valence-electron chi connectivity index (χ2n) is 3.14. The number of aromatic nitrogens is 1. The van der Waals surface area contributed by atoms with E-state index in [0.717, 1.165) is 10.9 Å². The Hall–Kier alpha value is 0.110. The van der Waals surface area contributed by atoms with Gasteiger partial charge in [0, 0.05) is 21.2 Å². The van der Waals surface area contributed by atoms with Crippen LogP contribution >= 0.6 is 31.9 Å². The van der Waals surface area contributed by atoms with Crippen LogP contribution in [0.25, 0.3) is 0 Å². The van der Waals surface area contributed by atoms with Crippen LogP contribution in [0.5, 0.6) is 0 Å². The molecule has 0 bridgehead atoms. The van der Waals surface area contributed by atoms with Crippen molar-refractivity contribution in [1.29, 1.82) is 0 Å². The summed E-state index contributed by atoms with van der Waals surface area (Å²) in [6.07, 6.45) is 5.33. The lowest BCUT2D eigenvalue weighted by Crippen LogP contribution is -1.94. The van der Waals surface area contributed by atoms with E-state index in [0.29, 0.717) is 4.83 Å². The van der Waals surface area contributed by atoms with Crippen molar-refractivity contribution in [3.63, 3.8) is 0 Å². The molecule has 1 unspecified atom stereocenters. The van der Waals surface area contributed by atoms with Gasteiger partial charge in [-0.3, -0.25) is 4.98 Å². The summed E-state index contributed by atoms with van der Waals surface area (Å²) < 4.78 is 1.05. The monoisotopic (exact) mass is 305 g/mol. The van der Waals surface area contributed by atoms with E-state index >= 15 is 0 Å². The van der Waals surface area contributed by atoms with Crippen molar-refractivity contribution in [3.8, 4) is 0 Å². The summed E-state index contributed by atoms with van der Waals surface area (Å²) in [6.45, 7) is 2.18. The maximum Gasteiger partial charge on any atom is 0.0413 e. The summed E-state index contributed by atoms with van der Waals surface area (Å²) in [5.74, 6) is 0. The molecule has 0 aliphatic heterocycles. The Morgan fingerprint density at radius 1 is 1.46 bits per heavy atom. The van der Waals surface area contributed by atoms with Gasteiger partial charge < -0.3 is 0 Å². The Balaban J connectivity index is 2.33. The number of hydrogen-bond donors (Lipinski definition) is 0. The lowest BCUT2D eigenvalue weighted by molar-refractivity contribution is 0.724. The van der Waals surface area contributed by atoms with Crippen LogP contribution in [-0.2, 0) is 6.42 Å².